The zero-order chi connectivity index (χ0) is 20.5. The molecule has 2 aromatic carbocycles. The predicted molar refractivity (Wildman–Crippen MR) is 118 cm³/mol. The second kappa shape index (κ2) is 8.23. The minimum atomic E-state index is 0.132. The molecule has 0 bridgehead atoms. The summed E-state index contributed by atoms with van der Waals surface area (Å²) < 4.78 is 0. The van der Waals surface area contributed by atoms with Crippen LogP contribution in [0.5, 0.6) is 0 Å². The van der Waals surface area contributed by atoms with Crippen LogP contribution in [-0.2, 0) is 6.42 Å². The van der Waals surface area contributed by atoms with Crippen molar-refractivity contribution in [1.29, 1.82) is 0 Å². The Balaban J connectivity index is 1.33. The number of fused-ring (bicyclic) bond motifs is 1. The monoisotopic (exact) mass is 403 g/mol. The highest BCUT2D eigenvalue weighted by Crippen LogP contribution is 2.28. The molecule has 0 radical (unpaired) electrons. The van der Waals surface area contributed by atoms with Gasteiger partial charge in [0, 0.05) is 43.3 Å². The highest BCUT2D eigenvalue weighted by molar-refractivity contribution is 5.98. The van der Waals surface area contributed by atoms with E-state index >= 15 is 0 Å². The molecular formula is C25H29N3O2. The molecule has 0 spiro atoms. The summed E-state index contributed by atoms with van der Waals surface area (Å²) >= 11 is 0. The number of rotatable bonds is 3. The van der Waals surface area contributed by atoms with E-state index in [0.717, 1.165) is 92.6 Å². The van der Waals surface area contributed by atoms with E-state index in [-0.39, 0.29) is 11.8 Å². The fourth-order valence-corrected chi connectivity index (χ4v) is 5.04. The van der Waals surface area contributed by atoms with Gasteiger partial charge in [-0.2, -0.15) is 0 Å². The van der Waals surface area contributed by atoms with Gasteiger partial charge in [-0.15, -0.1) is 0 Å². The Labute approximate surface area is 178 Å². The van der Waals surface area contributed by atoms with Crippen molar-refractivity contribution >= 4 is 11.8 Å². The largest absolute Gasteiger partial charge is 0.339 e. The van der Waals surface area contributed by atoms with E-state index in [1.165, 1.54) is 0 Å². The highest BCUT2D eigenvalue weighted by Gasteiger charge is 2.30. The van der Waals surface area contributed by atoms with Crippen LogP contribution in [0.2, 0.25) is 0 Å². The summed E-state index contributed by atoms with van der Waals surface area (Å²) in [6.45, 7) is 4.49. The highest BCUT2D eigenvalue weighted by atomic mass is 16.2. The normalized spacial score (nSPS) is 21.6. The van der Waals surface area contributed by atoms with Crippen molar-refractivity contribution in [2.45, 2.75) is 38.1 Å². The van der Waals surface area contributed by atoms with Crippen LogP contribution in [0, 0.1) is 0 Å². The van der Waals surface area contributed by atoms with Gasteiger partial charge in [0.05, 0.1) is 0 Å². The van der Waals surface area contributed by atoms with Crippen LogP contribution < -0.4 is 5.32 Å². The summed E-state index contributed by atoms with van der Waals surface area (Å²) in [5, 5.41) is 3.42. The van der Waals surface area contributed by atoms with Crippen molar-refractivity contribution in [3.05, 3.63) is 59.2 Å². The Bertz CT molecular complexity index is 941. The van der Waals surface area contributed by atoms with Crippen molar-refractivity contribution in [1.82, 2.24) is 15.1 Å². The standard InChI is InChI=1S/C25H29N3O2/c29-24(27-13-1-2-14-27)19-7-5-18(6-8-19)20-9-10-23-21(16-20)11-15-28(25(23)30)22-4-3-12-26-17-22/h5-10,16,22,26H,1-4,11-15,17H2/t22-/m1/s1. The van der Waals surface area contributed by atoms with Gasteiger partial charge in [0.1, 0.15) is 0 Å². The lowest BCUT2D eigenvalue weighted by Crippen LogP contribution is -2.51. The minimum absolute atomic E-state index is 0.132. The van der Waals surface area contributed by atoms with Gasteiger partial charge >= 0.3 is 0 Å². The van der Waals surface area contributed by atoms with Crippen LogP contribution in [0.25, 0.3) is 11.1 Å². The van der Waals surface area contributed by atoms with E-state index in [1.54, 1.807) is 0 Å². The molecule has 156 valence electrons. The predicted octanol–water partition coefficient (Wildman–Crippen LogP) is 3.34. The molecular weight excluding hydrogens is 374 g/mol. The molecule has 2 aromatic rings. The fourth-order valence-electron chi connectivity index (χ4n) is 5.04. The number of carbonyl (C=O) groups excluding carboxylic acids is 2. The summed E-state index contributed by atoms with van der Waals surface area (Å²) in [5.41, 5.74) is 4.92. The van der Waals surface area contributed by atoms with E-state index in [0.29, 0.717) is 6.04 Å². The van der Waals surface area contributed by atoms with Gasteiger partial charge in [-0.3, -0.25) is 9.59 Å². The van der Waals surface area contributed by atoms with Crippen molar-refractivity contribution in [3.63, 3.8) is 0 Å². The van der Waals surface area contributed by atoms with Gasteiger partial charge in [0.2, 0.25) is 0 Å². The van der Waals surface area contributed by atoms with Crippen molar-refractivity contribution in [2.24, 2.45) is 0 Å². The molecule has 2 amide bonds. The molecule has 3 aliphatic rings. The van der Waals surface area contributed by atoms with E-state index < -0.39 is 0 Å². The first-order valence-corrected chi connectivity index (χ1v) is 11.2. The van der Waals surface area contributed by atoms with E-state index in [4.69, 9.17) is 0 Å². The van der Waals surface area contributed by atoms with Crippen LogP contribution in [-0.4, -0.2) is 60.4 Å². The second-order valence-corrected chi connectivity index (χ2v) is 8.70. The van der Waals surface area contributed by atoms with E-state index in [2.05, 4.69) is 16.3 Å². The molecule has 2 saturated heterocycles. The Morgan fingerprint density at radius 2 is 1.70 bits per heavy atom. The number of hydrogen-bond acceptors (Lipinski definition) is 3. The Hall–Kier alpha value is -2.66. The molecule has 0 aliphatic carbocycles. The molecule has 5 rings (SSSR count). The third-order valence-corrected chi connectivity index (χ3v) is 6.79. The fraction of sp³-hybridized carbons (Fsp3) is 0.440. The van der Waals surface area contributed by atoms with E-state index in [1.807, 2.05) is 41.3 Å². The van der Waals surface area contributed by atoms with Gasteiger partial charge in [-0.05, 0) is 73.5 Å². The SMILES string of the molecule is O=C(c1ccc(-c2ccc3c(c2)CCN([C@@H]2CCCNC2)C3=O)cc1)N1CCCC1. The molecule has 0 unspecified atom stereocenters. The topological polar surface area (TPSA) is 52.7 Å². The van der Waals surface area contributed by atoms with Crippen LogP contribution >= 0.6 is 0 Å². The summed E-state index contributed by atoms with van der Waals surface area (Å²) in [4.78, 5) is 29.6. The number of amides is 2. The number of likely N-dealkylation sites (tertiary alicyclic amines) is 1. The first kappa shape index (κ1) is 19.3. The third kappa shape index (κ3) is 3.63. The molecule has 3 heterocycles. The number of hydrogen-bond donors (Lipinski definition) is 1. The second-order valence-electron chi connectivity index (χ2n) is 8.70. The smallest absolute Gasteiger partial charge is 0.254 e. The maximum atomic E-state index is 13.1. The zero-order valence-electron chi connectivity index (χ0n) is 17.4. The maximum Gasteiger partial charge on any atom is 0.254 e. The zero-order valence-corrected chi connectivity index (χ0v) is 17.4. The van der Waals surface area contributed by atoms with Crippen molar-refractivity contribution in [2.75, 3.05) is 32.7 Å². The number of nitrogens with one attached hydrogen (secondary N) is 1. The van der Waals surface area contributed by atoms with Crippen LogP contribution in [0.3, 0.4) is 0 Å². The molecule has 1 atom stereocenters. The number of benzene rings is 2. The quantitative estimate of drug-likeness (QED) is 0.855. The van der Waals surface area contributed by atoms with Gasteiger partial charge in [0.15, 0.2) is 0 Å². The van der Waals surface area contributed by atoms with Crippen LogP contribution in [0.1, 0.15) is 52.0 Å². The van der Waals surface area contributed by atoms with Gasteiger partial charge in [-0.25, -0.2) is 0 Å². The first-order valence-electron chi connectivity index (χ1n) is 11.2. The first-order chi connectivity index (χ1) is 14.7. The third-order valence-electron chi connectivity index (χ3n) is 6.79. The number of nitrogens with zero attached hydrogens (tertiary/aromatic N) is 2. The molecule has 5 heteroatoms. The van der Waals surface area contributed by atoms with Crippen molar-refractivity contribution in [3.8, 4) is 11.1 Å². The molecule has 30 heavy (non-hydrogen) atoms. The van der Waals surface area contributed by atoms with Crippen LogP contribution in [0.15, 0.2) is 42.5 Å². The molecule has 2 fully saturated rings. The average molecular weight is 404 g/mol. The number of carbonyl (C=O) groups is 2. The Morgan fingerprint density at radius 1 is 0.933 bits per heavy atom. The summed E-state index contributed by atoms with van der Waals surface area (Å²) in [6, 6.07) is 14.4. The molecule has 0 aromatic heterocycles. The summed E-state index contributed by atoms with van der Waals surface area (Å²) in [6.07, 6.45) is 5.33. The summed E-state index contributed by atoms with van der Waals surface area (Å²) in [5.74, 6) is 0.301. The van der Waals surface area contributed by atoms with Crippen molar-refractivity contribution < 1.29 is 9.59 Å². The minimum Gasteiger partial charge on any atom is -0.339 e. The molecule has 5 nitrogen and oxygen atoms in total. The lowest BCUT2D eigenvalue weighted by molar-refractivity contribution is 0.0630. The maximum absolute atomic E-state index is 13.1. The Kier molecular flexibility index (Phi) is 5.30. The van der Waals surface area contributed by atoms with E-state index in [9.17, 15) is 9.59 Å². The van der Waals surface area contributed by atoms with Gasteiger partial charge in [-0.1, -0.05) is 24.3 Å². The average Bonchev–Trinajstić information content (AvgIpc) is 3.34. The van der Waals surface area contributed by atoms with Crippen LogP contribution in [0.4, 0.5) is 0 Å². The lowest BCUT2D eigenvalue weighted by Gasteiger charge is -2.37. The molecule has 0 saturated carbocycles. The van der Waals surface area contributed by atoms with Gasteiger partial charge < -0.3 is 15.1 Å². The Morgan fingerprint density at radius 3 is 2.43 bits per heavy atom. The number of piperidine rings is 1. The lowest BCUT2D eigenvalue weighted by atomic mass is 9.92. The molecule has 1 N–H and O–H groups in total. The van der Waals surface area contributed by atoms with Gasteiger partial charge in [0.25, 0.3) is 11.8 Å². The molecule has 3 aliphatic heterocycles. The summed E-state index contributed by atoms with van der Waals surface area (Å²) in [7, 11) is 0.